The number of hydrogen-bond donors (Lipinski definition) is 2. The Morgan fingerprint density at radius 3 is 3.00 bits per heavy atom. The van der Waals surface area contributed by atoms with Gasteiger partial charge in [-0.05, 0) is 37.1 Å². The van der Waals surface area contributed by atoms with Crippen LogP contribution in [0.4, 0.5) is 0 Å². The van der Waals surface area contributed by atoms with Crippen LogP contribution in [0.2, 0.25) is 0 Å². The molecule has 0 fully saturated rings. The van der Waals surface area contributed by atoms with Gasteiger partial charge in [-0.2, -0.15) is 5.10 Å². The third-order valence-electron chi connectivity index (χ3n) is 2.98. The first-order valence-electron chi connectivity index (χ1n) is 6.55. The zero-order valence-corrected chi connectivity index (χ0v) is 11.4. The summed E-state index contributed by atoms with van der Waals surface area (Å²) in [6, 6.07) is 8.25. The van der Waals surface area contributed by atoms with Gasteiger partial charge in [0.1, 0.15) is 17.9 Å². The molecule has 102 valence electrons. The van der Waals surface area contributed by atoms with E-state index in [1.54, 1.807) is 13.4 Å². The Balaban J connectivity index is 2.10. The number of rotatable bonds is 7. The monoisotopic (exact) mass is 260 g/mol. The molecule has 0 spiro atoms. The van der Waals surface area contributed by atoms with Crippen molar-refractivity contribution in [3.8, 4) is 5.75 Å². The first-order valence-corrected chi connectivity index (χ1v) is 6.55. The van der Waals surface area contributed by atoms with Crippen molar-refractivity contribution in [1.82, 2.24) is 20.5 Å². The predicted molar refractivity (Wildman–Crippen MR) is 74.1 cm³/mol. The Morgan fingerprint density at radius 2 is 2.32 bits per heavy atom. The van der Waals surface area contributed by atoms with E-state index in [0.29, 0.717) is 0 Å². The molecule has 1 aromatic heterocycles. The van der Waals surface area contributed by atoms with Gasteiger partial charge in [0.25, 0.3) is 0 Å². The predicted octanol–water partition coefficient (Wildman–Crippen LogP) is 2.10. The van der Waals surface area contributed by atoms with Gasteiger partial charge in [-0.3, -0.25) is 5.10 Å². The van der Waals surface area contributed by atoms with E-state index in [1.807, 2.05) is 12.1 Å². The van der Waals surface area contributed by atoms with Gasteiger partial charge in [0.05, 0.1) is 13.2 Å². The third kappa shape index (κ3) is 3.79. The smallest absolute Gasteiger partial charge is 0.141 e. The van der Waals surface area contributed by atoms with E-state index < -0.39 is 0 Å². The molecule has 1 heterocycles. The van der Waals surface area contributed by atoms with Crippen molar-refractivity contribution in [1.29, 1.82) is 0 Å². The van der Waals surface area contributed by atoms with Gasteiger partial charge in [-0.1, -0.05) is 19.1 Å². The first-order chi connectivity index (χ1) is 9.33. The molecule has 2 N–H and O–H groups in total. The minimum absolute atomic E-state index is 0.148. The van der Waals surface area contributed by atoms with Crippen molar-refractivity contribution in [2.24, 2.45) is 0 Å². The van der Waals surface area contributed by atoms with Crippen LogP contribution in [0.25, 0.3) is 0 Å². The van der Waals surface area contributed by atoms with Crippen LogP contribution in [0.5, 0.6) is 5.75 Å². The molecule has 1 aromatic carbocycles. The largest absolute Gasteiger partial charge is 0.497 e. The number of methoxy groups -OCH3 is 1. The molecule has 5 nitrogen and oxygen atoms in total. The highest BCUT2D eigenvalue weighted by Gasteiger charge is 2.14. The summed E-state index contributed by atoms with van der Waals surface area (Å²) in [5, 5.41) is 10.3. The van der Waals surface area contributed by atoms with Crippen molar-refractivity contribution < 1.29 is 4.74 Å². The van der Waals surface area contributed by atoms with Crippen LogP contribution in [-0.2, 0) is 6.42 Å². The highest BCUT2D eigenvalue weighted by molar-refractivity contribution is 5.29. The average Bonchev–Trinajstić information content (AvgIpc) is 2.97. The molecule has 0 amide bonds. The van der Waals surface area contributed by atoms with Gasteiger partial charge in [0.15, 0.2) is 0 Å². The van der Waals surface area contributed by atoms with Crippen molar-refractivity contribution in [3.63, 3.8) is 0 Å². The number of benzene rings is 1. The number of nitrogens with zero attached hydrogens (tertiary/aromatic N) is 2. The molecular weight excluding hydrogens is 240 g/mol. The molecule has 1 unspecified atom stereocenters. The Labute approximate surface area is 113 Å². The van der Waals surface area contributed by atoms with Gasteiger partial charge in [0, 0.05) is 0 Å². The van der Waals surface area contributed by atoms with E-state index in [1.165, 1.54) is 5.56 Å². The lowest BCUT2D eigenvalue weighted by Crippen LogP contribution is -2.25. The molecule has 2 rings (SSSR count). The Morgan fingerprint density at radius 1 is 1.42 bits per heavy atom. The summed E-state index contributed by atoms with van der Waals surface area (Å²) in [4.78, 5) is 4.25. The quantitative estimate of drug-likeness (QED) is 0.800. The van der Waals surface area contributed by atoms with Gasteiger partial charge in [0.2, 0.25) is 0 Å². The van der Waals surface area contributed by atoms with Crippen LogP contribution in [-0.4, -0.2) is 28.8 Å². The summed E-state index contributed by atoms with van der Waals surface area (Å²) < 4.78 is 5.25. The van der Waals surface area contributed by atoms with Gasteiger partial charge >= 0.3 is 0 Å². The second-order valence-electron chi connectivity index (χ2n) is 4.43. The van der Waals surface area contributed by atoms with Crippen molar-refractivity contribution in [3.05, 3.63) is 42.0 Å². The molecule has 0 saturated heterocycles. The Bertz CT molecular complexity index is 484. The lowest BCUT2D eigenvalue weighted by molar-refractivity contribution is 0.413. The maximum atomic E-state index is 5.25. The summed E-state index contributed by atoms with van der Waals surface area (Å²) in [6.45, 7) is 3.10. The lowest BCUT2D eigenvalue weighted by atomic mass is 10.0. The summed E-state index contributed by atoms with van der Waals surface area (Å²) in [5.41, 5.74) is 1.21. The van der Waals surface area contributed by atoms with Gasteiger partial charge in [-0.15, -0.1) is 0 Å². The van der Waals surface area contributed by atoms with Crippen LogP contribution in [0.1, 0.15) is 30.8 Å². The minimum atomic E-state index is 0.148. The molecular formula is C14H20N4O. The van der Waals surface area contributed by atoms with Gasteiger partial charge in [-0.25, -0.2) is 4.98 Å². The maximum absolute atomic E-state index is 5.25. The normalized spacial score (nSPS) is 12.3. The zero-order chi connectivity index (χ0) is 13.5. The number of aromatic nitrogens is 3. The summed E-state index contributed by atoms with van der Waals surface area (Å²) in [6.07, 6.45) is 3.48. The lowest BCUT2D eigenvalue weighted by Gasteiger charge is -2.16. The van der Waals surface area contributed by atoms with E-state index in [-0.39, 0.29) is 6.04 Å². The van der Waals surface area contributed by atoms with Crippen LogP contribution >= 0.6 is 0 Å². The Kier molecular flexibility index (Phi) is 4.92. The highest BCUT2D eigenvalue weighted by Crippen LogP contribution is 2.18. The number of nitrogens with one attached hydrogen (secondary N) is 2. The number of hydrogen-bond acceptors (Lipinski definition) is 4. The Hall–Kier alpha value is -1.88. The molecule has 0 bridgehead atoms. The average molecular weight is 260 g/mol. The van der Waals surface area contributed by atoms with E-state index in [4.69, 9.17) is 4.74 Å². The van der Waals surface area contributed by atoms with Crippen molar-refractivity contribution in [2.75, 3.05) is 13.7 Å². The molecule has 0 saturated carbocycles. The van der Waals surface area contributed by atoms with E-state index in [0.717, 1.165) is 31.0 Å². The second kappa shape index (κ2) is 6.89. The highest BCUT2D eigenvalue weighted by atomic mass is 16.5. The van der Waals surface area contributed by atoms with E-state index in [2.05, 4.69) is 39.6 Å². The zero-order valence-electron chi connectivity index (χ0n) is 11.4. The molecule has 19 heavy (non-hydrogen) atoms. The van der Waals surface area contributed by atoms with Crippen LogP contribution < -0.4 is 10.1 Å². The topological polar surface area (TPSA) is 62.8 Å². The maximum Gasteiger partial charge on any atom is 0.141 e. The third-order valence-corrected chi connectivity index (χ3v) is 2.98. The number of aromatic amines is 1. The van der Waals surface area contributed by atoms with Crippen molar-refractivity contribution >= 4 is 0 Å². The molecule has 0 aliphatic carbocycles. The minimum Gasteiger partial charge on any atom is -0.497 e. The molecule has 0 radical (unpaired) electrons. The fourth-order valence-electron chi connectivity index (χ4n) is 2.00. The molecule has 5 heteroatoms. The summed E-state index contributed by atoms with van der Waals surface area (Å²) in [7, 11) is 1.68. The summed E-state index contributed by atoms with van der Waals surface area (Å²) >= 11 is 0. The standard InChI is InChI=1S/C14H20N4O/c1-3-7-15-13(14-16-10-17-18-14)9-11-5-4-6-12(8-11)19-2/h4-6,8,10,13,15H,3,7,9H2,1-2H3,(H,16,17,18). The van der Waals surface area contributed by atoms with Crippen LogP contribution in [0.3, 0.4) is 0 Å². The fraction of sp³-hybridized carbons (Fsp3) is 0.429. The molecule has 0 aliphatic rings. The van der Waals surface area contributed by atoms with Crippen LogP contribution in [0, 0.1) is 0 Å². The van der Waals surface area contributed by atoms with E-state index in [9.17, 15) is 0 Å². The number of H-pyrrole nitrogens is 1. The number of ether oxygens (including phenoxy) is 1. The van der Waals surface area contributed by atoms with E-state index >= 15 is 0 Å². The second-order valence-corrected chi connectivity index (χ2v) is 4.43. The fourth-order valence-corrected chi connectivity index (χ4v) is 2.00. The molecule has 2 aromatic rings. The molecule has 1 atom stereocenters. The van der Waals surface area contributed by atoms with Gasteiger partial charge < -0.3 is 10.1 Å². The first kappa shape index (κ1) is 13.5. The molecule has 0 aliphatic heterocycles. The van der Waals surface area contributed by atoms with Crippen molar-refractivity contribution in [2.45, 2.75) is 25.8 Å². The summed E-state index contributed by atoms with van der Waals surface area (Å²) in [5.74, 6) is 1.75. The SMILES string of the molecule is CCCNC(Cc1cccc(OC)c1)c1ncn[nH]1. The van der Waals surface area contributed by atoms with Crippen LogP contribution in [0.15, 0.2) is 30.6 Å².